The van der Waals surface area contributed by atoms with Crippen LogP contribution in [0.2, 0.25) is 0 Å². The number of fused-ring (bicyclic) bond motifs is 1. The molecule has 3 rings (SSSR count). The number of aromatic nitrogens is 1. The fourth-order valence-corrected chi connectivity index (χ4v) is 4.13. The van der Waals surface area contributed by atoms with Crippen molar-refractivity contribution in [2.24, 2.45) is 0 Å². The number of rotatable bonds is 4. The summed E-state index contributed by atoms with van der Waals surface area (Å²) in [6.07, 6.45) is 0. The van der Waals surface area contributed by atoms with E-state index in [9.17, 15) is 0 Å². The van der Waals surface area contributed by atoms with Crippen LogP contribution in [0.25, 0.3) is 10.2 Å². The first kappa shape index (κ1) is 13.7. The van der Waals surface area contributed by atoms with Crippen molar-refractivity contribution in [3.05, 3.63) is 59.7 Å². The average Bonchev–Trinajstić information content (AvgIpc) is 2.88. The zero-order valence-corrected chi connectivity index (χ0v) is 13.3. The van der Waals surface area contributed by atoms with Gasteiger partial charge in [0.15, 0.2) is 4.34 Å². The van der Waals surface area contributed by atoms with E-state index in [1.807, 2.05) is 11.8 Å². The van der Waals surface area contributed by atoms with Crippen molar-refractivity contribution < 1.29 is 0 Å². The van der Waals surface area contributed by atoms with E-state index < -0.39 is 0 Å². The van der Waals surface area contributed by atoms with Crippen LogP contribution < -0.4 is 0 Å². The Morgan fingerprint density at radius 2 is 1.90 bits per heavy atom. The van der Waals surface area contributed by atoms with Crippen molar-refractivity contribution in [3.8, 4) is 0 Å². The summed E-state index contributed by atoms with van der Waals surface area (Å²) in [6.45, 7) is 4.46. The third kappa shape index (κ3) is 3.05. The lowest BCUT2D eigenvalue weighted by Gasteiger charge is -2.03. The van der Waals surface area contributed by atoms with E-state index in [-0.39, 0.29) is 0 Å². The van der Waals surface area contributed by atoms with E-state index in [2.05, 4.69) is 62.4 Å². The van der Waals surface area contributed by atoms with Gasteiger partial charge in [0.2, 0.25) is 0 Å². The summed E-state index contributed by atoms with van der Waals surface area (Å²) in [5.74, 6) is 1.56. The quantitative estimate of drug-likeness (QED) is 0.572. The largest absolute Gasteiger partial charge is 0.230 e. The summed E-state index contributed by atoms with van der Waals surface area (Å²) in [6, 6.07) is 17.2. The molecular weight excluding hydrogens is 282 g/mol. The van der Waals surface area contributed by atoms with Gasteiger partial charge in [0.25, 0.3) is 0 Å². The summed E-state index contributed by atoms with van der Waals surface area (Å²) >= 11 is 3.62. The van der Waals surface area contributed by atoms with Crippen LogP contribution in [0.3, 0.4) is 0 Å². The van der Waals surface area contributed by atoms with Gasteiger partial charge in [-0.1, -0.05) is 62.0 Å². The van der Waals surface area contributed by atoms with Crippen molar-refractivity contribution in [2.75, 3.05) is 0 Å². The van der Waals surface area contributed by atoms with Crippen molar-refractivity contribution >= 4 is 33.3 Å². The number of hydrogen-bond acceptors (Lipinski definition) is 3. The van der Waals surface area contributed by atoms with E-state index >= 15 is 0 Å². The zero-order valence-electron chi connectivity index (χ0n) is 11.7. The average molecular weight is 299 g/mol. The second-order valence-electron chi connectivity index (χ2n) is 5.14. The molecule has 0 fully saturated rings. The molecule has 0 bridgehead atoms. The summed E-state index contributed by atoms with van der Waals surface area (Å²) in [4.78, 5) is 4.71. The van der Waals surface area contributed by atoms with Crippen molar-refractivity contribution in [1.82, 2.24) is 4.98 Å². The summed E-state index contributed by atoms with van der Waals surface area (Å²) < 4.78 is 2.46. The Kier molecular flexibility index (Phi) is 4.08. The van der Waals surface area contributed by atoms with Gasteiger partial charge in [-0.2, -0.15) is 0 Å². The third-order valence-electron chi connectivity index (χ3n) is 3.26. The van der Waals surface area contributed by atoms with Crippen LogP contribution in [0.15, 0.2) is 52.9 Å². The predicted molar refractivity (Wildman–Crippen MR) is 89.7 cm³/mol. The van der Waals surface area contributed by atoms with E-state index in [0.717, 1.165) is 15.6 Å². The molecule has 0 saturated carbocycles. The molecule has 0 spiro atoms. The molecule has 0 N–H and O–H groups in total. The molecule has 0 aliphatic heterocycles. The number of nitrogens with zero attached hydrogens (tertiary/aromatic N) is 1. The van der Waals surface area contributed by atoms with Gasteiger partial charge in [-0.15, -0.1) is 11.3 Å². The van der Waals surface area contributed by atoms with E-state index in [0.29, 0.717) is 5.92 Å². The van der Waals surface area contributed by atoms with Gasteiger partial charge < -0.3 is 0 Å². The van der Waals surface area contributed by atoms with Gasteiger partial charge in [-0.05, 0) is 29.2 Å². The molecule has 3 heteroatoms. The smallest absolute Gasteiger partial charge is 0.151 e. The van der Waals surface area contributed by atoms with Crippen LogP contribution in [0.5, 0.6) is 0 Å². The number of benzene rings is 2. The molecule has 1 aromatic heterocycles. The molecule has 2 aromatic carbocycles. The molecule has 0 aliphatic rings. The van der Waals surface area contributed by atoms with Crippen LogP contribution in [0.1, 0.15) is 30.9 Å². The van der Waals surface area contributed by atoms with Gasteiger partial charge in [-0.25, -0.2) is 4.98 Å². The monoisotopic (exact) mass is 299 g/mol. The van der Waals surface area contributed by atoms with Crippen LogP contribution >= 0.6 is 23.1 Å². The Labute approximate surface area is 128 Å². The fourth-order valence-electron chi connectivity index (χ4n) is 2.06. The highest BCUT2D eigenvalue weighted by Gasteiger charge is 2.07. The normalized spacial score (nSPS) is 11.3. The maximum absolute atomic E-state index is 4.71. The Balaban J connectivity index is 1.79. The van der Waals surface area contributed by atoms with Gasteiger partial charge in [-0.3, -0.25) is 0 Å². The molecule has 20 heavy (non-hydrogen) atoms. The first-order chi connectivity index (χ1) is 9.72. The molecule has 0 amide bonds. The highest BCUT2D eigenvalue weighted by Crippen LogP contribution is 2.33. The minimum Gasteiger partial charge on any atom is -0.230 e. The Morgan fingerprint density at radius 1 is 1.10 bits per heavy atom. The van der Waals surface area contributed by atoms with Crippen LogP contribution in [0.4, 0.5) is 0 Å². The molecule has 0 radical (unpaired) electrons. The van der Waals surface area contributed by atoms with E-state index in [1.165, 1.54) is 15.8 Å². The minimum atomic E-state index is 0.571. The van der Waals surface area contributed by atoms with E-state index in [1.54, 1.807) is 11.3 Å². The van der Waals surface area contributed by atoms with Crippen LogP contribution in [-0.4, -0.2) is 4.98 Å². The standard InChI is InChI=1S/C17H17NS2/c1-12(2)14-8-9-15-16(10-14)20-17(18-15)19-11-13-6-4-3-5-7-13/h3-10,12H,11H2,1-2H3. The van der Waals surface area contributed by atoms with Crippen LogP contribution in [0, 0.1) is 0 Å². The van der Waals surface area contributed by atoms with Gasteiger partial charge in [0.05, 0.1) is 10.2 Å². The molecular formula is C17H17NS2. The molecule has 3 aromatic rings. The number of hydrogen-bond donors (Lipinski definition) is 0. The molecule has 1 heterocycles. The summed E-state index contributed by atoms with van der Waals surface area (Å²) in [7, 11) is 0. The molecule has 0 atom stereocenters. The maximum atomic E-state index is 4.71. The van der Waals surface area contributed by atoms with Crippen LogP contribution in [-0.2, 0) is 5.75 Å². The Bertz CT molecular complexity index is 701. The molecule has 0 saturated heterocycles. The fraction of sp³-hybridized carbons (Fsp3) is 0.235. The van der Waals surface area contributed by atoms with Crippen molar-refractivity contribution in [3.63, 3.8) is 0 Å². The highest BCUT2D eigenvalue weighted by atomic mass is 32.2. The lowest BCUT2D eigenvalue weighted by Crippen LogP contribution is -1.85. The maximum Gasteiger partial charge on any atom is 0.151 e. The summed E-state index contributed by atoms with van der Waals surface area (Å²) in [5, 5.41) is 0. The Morgan fingerprint density at radius 3 is 2.65 bits per heavy atom. The second kappa shape index (κ2) is 5.98. The molecule has 0 aliphatic carbocycles. The number of thioether (sulfide) groups is 1. The molecule has 102 valence electrons. The minimum absolute atomic E-state index is 0.571. The third-order valence-corrected chi connectivity index (χ3v) is 5.50. The SMILES string of the molecule is CC(C)c1ccc2nc(SCc3ccccc3)sc2c1. The predicted octanol–water partition coefficient (Wildman–Crippen LogP) is 5.71. The highest BCUT2D eigenvalue weighted by molar-refractivity contribution is 8.00. The van der Waals surface area contributed by atoms with Crippen molar-refractivity contribution in [1.29, 1.82) is 0 Å². The zero-order chi connectivity index (χ0) is 13.9. The van der Waals surface area contributed by atoms with Gasteiger partial charge >= 0.3 is 0 Å². The first-order valence-electron chi connectivity index (χ1n) is 6.79. The Hall–Kier alpha value is -1.32. The number of thiazole rings is 1. The molecule has 1 nitrogen and oxygen atoms in total. The van der Waals surface area contributed by atoms with Crippen molar-refractivity contribution in [2.45, 2.75) is 29.9 Å². The lowest BCUT2D eigenvalue weighted by molar-refractivity contribution is 0.869. The summed E-state index contributed by atoms with van der Waals surface area (Å²) in [5.41, 5.74) is 3.86. The topological polar surface area (TPSA) is 12.9 Å². The second-order valence-corrected chi connectivity index (χ2v) is 7.39. The van der Waals surface area contributed by atoms with E-state index in [4.69, 9.17) is 4.98 Å². The lowest BCUT2D eigenvalue weighted by atomic mass is 10.0. The first-order valence-corrected chi connectivity index (χ1v) is 8.60. The van der Waals surface area contributed by atoms with Gasteiger partial charge in [0.1, 0.15) is 0 Å². The van der Waals surface area contributed by atoms with Gasteiger partial charge in [0, 0.05) is 5.75 Å². The molecule has 0 unspecified atom stereocenters.